The summed E-state index contributed by atoms with van der Waals surface area (Å²) in [6, 6.07) is 21.9. The molecule has 0 aliphatic carbocycles. The van der Waals surface area contributed by atoms with E-state index in [1.54, 1.807) is 43.3 Å². The Hall–Kier alpha value is -4.66. The average molecular weight is 503 g/mol. The van der Waals surface area contributed by atoms with Gasteiger partial charge in [0.25, 0.3) is 5.91 Å². The predicted molar refractivity (Wildman–Crippen MR) is 139 cm³/mol. The molecule has 1 heterocycles. The first-order valence-electron chi connectivity index (χ1n) is 11.7. The molecule has 190 valence electrons. The first-order valence-corrected chi connectivity index (χ1v) is 11.7. The minimum Gasteiger partial charge on any atom is -0.497 e. The summed E-state index contributed by atoms with van der Waals surface area (Å²) in [5.41, 5.74) is 2.38. The van der Waals surface area contributed by atoms with Gasteiger partial charge in [-0.1, -0.05) is 30.3 Å². The van der Waals surface area contributed by atoms with E-state index < -0.39 is 5.91 Å². The molecule has 0 atom stereocenters. The van der Waals surface area contributed by atoms with Gasteiger partial charge >= 0.3 is 0 Å². The molecule has 0 aliphatic heterocycles. The third-order valence-electron chi connectivity index (χ3n) is 5.76. The lowest BCUT2D eigenvalue weighted by atomic mass is 10.1. The van der Waals surface area contributed by atoms with E-state index in [0.29, 0.717) is 40.8 Å². The lowest BCUT2D eigenvalue weighted by Gasteiger charge is -2.22. The number of carbonyl (C=O) groups is 2. The van der Waals surface area contributed by atoms with E-state index in [9.17, 15) is 14.0 Å². The number of nitrogens with one attached hydrogen (secondary N) is 1. The molecule has 37 heavy (non-hydrogen) atoms. The molecule has 0 aliphatic rings. The van der Waals surface area contributed by atoms with Gasteiger partial charge in [0.15, 0.2) is 0 Å². The predicted octanol–water partition coefficient (Wildman–Crippen LogP) is 4.80. The summed E-state index contributed by atoms with van der Waals surface area (Å²) < 4.78 is 25.6. The summed E-state index contributed by atoms with van der Waals surface area (Å²) in [6.45, 7) is 1.89. The molecule has 4 aromatic rings. The van der Waals surface area contributed by atoms with Gasteiger partial charge in [-0.3, -0.25) is 9.59 Å². The fourth-order valence-corrected chi connectivity index (χ4v) is 3.83. The fraction of sp³-hybridized carbons (Fsp3) is 0.179. The van der Waals surface area contributed by atoms with Crippen LogP contribution in [0.2, 0.25) is 0 Å². The van der Waals surface area contributed by atoms with E-state index in [1.165, 1.54) is 35.9 Å². The van der Waals surface area contributed by atoms with Crippen LogP contribution in [0.4, 0.5) is 10.2 Å². The lowest BCUT2D eigenvalue weighted by molar-refractivity contribution is -0.116. The SMILES string of the molecule is CCN(CC(=O)Nc1cc(-c2ccccc2)nn1-c1ccc(F)cc1)C(=O)c1ccc(OC)cc1OC. The van der Waals surface area contributed by atoms with E-state index in [2.05, 4.69) is 10.4 Å². The number of carbonyl (C=O) groups excluding carboxylic acids is 2. The monoisotopic (exact) mass is 502 g/mol. The van der Waals surface area contributed by atoms with Crippen molar-refractivity contribution >= 4 is 17.6 Å². The molecule has 0 unspecified atom stereocenters. The third kappa shape index (κ3) is 5.78. The first kappa shape index (κ1) is 25.4. The smallest absolute Gasteiger partial charge is 0.258 e. The first-order chi connectivity index (χ1) is 17.9. The number of hydrogen-bond acceptors (Lipinski definition) is 5. The zero-order valence-electron chi connectivity index (χ0n) is 20.8. The third-order valence-corrected chi connectivity index (χ3v) is 5.76. The minimum absolute atomic E-state index is 0.195. The summed E-state index contributed by atoms with van der Waals surface area (Å²) in [4.78, 5) is 27.7. The second-order valence-corrected chi connectivity index (χ2v) is 8.10. The van der Waals surface area contributed by atoms with Gasteiger partial charge in [-0.05, 0) is 43.3 Å². The number of methoxy groups -OCH3 is 2. The molecule has 1 N–H and O–H groups in total. The maximum atomic E-state index is 13.5. The largest absolute Gasteiger partial charge is 0.497 e. The van der Waals surface area contributed by atoms with Crippen molar-refractivity contribution in [2.75, 3.05) is 32.6 Å². The van der Waals surface area contributed by atoms with Crippen molar-refractivity contribution in [1.29, 1.82) is 0 Å². The number of hydrogen-bond donors (Lipinski definition) is 1. The summed E-state index contributed by atoms with van der Waals surface area (Å²) in [6.07, 6.45) is 0. The van der Waals surface area contributed by atoms with Gasteiger partial charge in [-0.15, -0.1) is 0 Å². The van der Waals surface area contributed by atoms with Gasteiger partial charge in [0.1, 0.15) is 29.7 Å². The van der Waals surface area contributed by atoms with Crippen molar-refractivity contribution < 1.29 is 23.5 Å². The number of rotatable bonds is 9. The van der Waals surface area contributed by atoms with Gasteiger partial charge in [-0.2, -0.15) is 5.10 Å². The summed E-state index contributed by atoms with van der Waals surface area (Å²) in [5.74, 6) is 0.152. The van der Waals surface area contributed by atoms with Gasteiger partial charge in [0, 0.05) is 24.2 Å². The summed E-state index contributed by atoms with van der Waals surface area (Å²) in [5, 5.41) is 7.48. The highest BCUT2D eigenvalue weighted by atomic mass is 19.1. The normalized spacial score (nSPS) is 10.6. The molecule has 0 spiro atoms. The minimum atomic E-state index is -0.412. The molecule has 0 bridgehead atoms. The standard InChI is InChI=1S/C28H27FN4O4/c1-4-32(28(35)23-15-14-22(36-2)16-25(23)37-3)18-27(34)30-26-17-24(19-8-6-5-7-9-19)31-33(26)21-12-10-20(29)11-13-21/h5-17H,4,18H2,1-3H3,(H,30,34). The molecule has 3 aromatic carbocycles. The van der Waals surface area contributed by atoms with E-state index in [1.807, 2.05) is 30.3 Å². The van der Waals surface area contributed by atoms with Crippen LogP contribution < -0.4 is 14.8 Å². The van der Waals surface area contributed by atoms with Crippen molar-refractivity contribution in [1.82, 2.24) is 14.7 Å². The Labute approximate surface area is 214 Å². The number of aromatic nitrogens is 2. The van der Waals surface area contributed by atoms with E-state index in [-0.39, 0.29) is 18.3 Å². The Morgan fingerprint density at radius 2 is 1.70 bits per heavy atom. The maximum absolute atomic E-state index is 13.5. The van der Waals surface area contributed by atoms with Crippen LogP contribution in [0, 0.1) is 5.82 Å². The van der Waals surface area contributed by atoms with Crippen LogP contribution in [0.5, 0.6) is 11.5 Å². The van der Waals surface area contributed by atoms with Crippen LogP contribution in [0.25, 0.3) is 16.9 Å². The van der Waals surface area contributed by atoms with Crippen molar-refractivity contribution in [2.24, 2.45) is 0 Å². The second-order valence-electron chi connectivity index (χ2n) is 8.10. The zero-order valence-corrected chi connectivity index (χ0v) is 20.8. The van der Waals surface area contributed by atoms with Gasteiger partial charge < -0.3 is 19.7 Å². The highest BCUT2D eigenvalue weighted by molar-refractivity contribution is 6.01. The van der Waals surface area contributed by atoms with Crippen molar-refractivity contribution in [3.05, 3.63) is 90.2 Å². The quantitative estimate of drug-likeness (QED) is 0.356. The Balaban J connectivity index is 1.58. The topological polar surface area (TPSA) is 85.7 Å². The highest BCUT2D eigenvalue weighted by Crippen LogP contribution is 2.27. The summed E-state index contributed by atoms with van der Waals surface area (Å²) >= 11 is 0. The average Bonchev–Trinajstić information content (AvgIpc) is 3.35. The number of benzene rings is 3. The van der Waals surface area contributed by atoms with Crippen LogP contribution in [0.1, 0.15) is 17.3 Å². The molecular weight excluding hydrogens is 475 g/mol. The Morgan fingerprint density at radius 3 is 2.35 bits per heavy atom. The fourth-order valence-electron chi connectivity index (χ4n) is 3.83. The van der Waals surface area contributed by atoms with Gasteiger partial charge in [-0.25, -0.2) is 9.07 Å². The zero-order chi connectivity index (χ0) is 26.4. The van der Waals surface area contributed by atoms with Crippen LogP contribution in [-0.4, -0.2) is 53.8 Å². The van der Waals surface area contributed by atoms with Crippen molar-refractivity contribution in [3.8, 4) is 28.4 Å². The van der Waals surface area contributed by atoms with Crippen molar-refractivity contribution in [2.45, 2.75) is 6.92 Å². The molecule has 1 aromatic heterocycles. The molecule has 0 saturated heterocycles. The molecule has 2 amide bonds. The van der Waals surface area contributed by atoms with Crippen LogP contribution in [0.15, 0.2) is 78.9 Å². The highest BCUT2D eigenvalue weighted by Gasteiger charge is 2.22. The molecule has 8 nitrogen and oxygen atoms in total. The molecule has 0 radical (unpaired) electrons. The van der Waals surface area contributed by atoms with Gasteiger partial charge in [0.05, 0.1) is 31.2 Å². The summed E-state index contributed by atoms with van der Waals surface area (Å²) in [7, 11) is 2.99. The molecule has 4 rings (SSSR count). The second kappa shape index (κ2) is 11.4. The van der Waals surface area contributed by atoms with Crippen LogP contribution >= 0.6 is 0 Å². The van der Waals surface area contributed by atoms with E-state index in [0.717, 1.165) is 5.56 Å². The van der Waals surface area contributed by atoms with E-state index >= 15 is 0 Å². The Morgan fingerprint density at radius 1 is 0.973 bits per heavy atom. The maximum Gasteiger partial charge on any atom is 0.258 e. The molecular formula is C28H27FN4O4. The lowest BCUT2D eigenvalue weighted by Crippen LogP contribution is -2.38. The van der Waals surface area contributed by atoms with Crippen molar-refractivity contribution in [3.63, 3.8) is 0 Å². The van der Waals surface area contributed by atoms with Crippen LogP contribution in [0.3, 0.4) is 0 Å². The van der Waals surface area contributed by atoms with Gasteiger partial charge in [0.2, 0.25) is 5.91 Å². The number of ether oxygens (including phenoxy) is 2. The Bertz CT molecular complexity index is 1390. The molecule has 0 fully saturated rings. The number of halogens is 1. The Kier molecular flexibility index (Phi) is 7.83. The number of nitrogens with zero attached hydrogens (tertiary/aromatic N) is 3. The van der Waals surface area contributed by atoms with Crippen LogP contribution in [-0.2, 0) is 4.79 Å². The number of likely N-dealkylation sites (N-methyl/N-ethyl adjacent to an activating group) is 1. The molecule has 9 heteroatoms. The number of amides is 2. The van der Waals surface area contributed by atoms with E-state index in [4.69, 9.17) is 9.47 Å². The molecule has 0 saturated carbocycles. The number of anilines is 1.